The number of rotatable bonds is 5. The van der Waals surface area contributed by atoms with E-state index in [1.54, 1.807) is 0 Å². The van der Waals surface area contributed by atoms with Crippen molar-refractivity contribution in [1.29, 1.82) is 0 Å². The molecule has 1 amide bonds. The Hall–Kier alpha value is -2.75. The molecule has 1 aromatic heterocycles. The first-order chi connectivity index (χ1) is 12.1. The Balaban J connectivity index is 2.07. The number of carbonyl (C=O) groups excluding carboxylic acids is 1. The first kappa shape index (κ1) is 17.1. The Morgan fingerprint density at radius 1 is 1.04 bits per heavy atom. The van der Waals surface area contributed by atoms with Gasteiger partial charge in [0.15, 0.2) is 0 Å². The number of fused-ring (bicyclic) bond motifs is 1. The summed E-state index contributed by atoms with van der Waals surface area (Å²) in [6.07, 6.45) is 0.946. The predicted octanol–water partition coefficient (Wildman–Crippen LogP) is 4.38. The molecule has 25 heavy (non-hydrogen) atoms. The van der Waals surface area contributed by atoms with Crippen LogP contribution in [-0.2, 0) is 0 Å². The zero-order valence-corrected chi connectivity index (χ0v) is 14.9. The van der Waals surface area contributed by atoms with Crippen LogP contribution in [0.5, 0.6) is 0 Å². The van der Waals surface area contributed by atoms with Crippen molar-refractivity contribution in [3.63, 3.8) is 0 Å². The van der Waals surface area contributed by atoms with Crippen molar-refractivity contribution in [2.75, 3.05) is 6.54 Å². The predicted molar refractivity (Wildman–Crippen MR) is 101 cm³/mol. The van der Waals surface area contributed by atoms with Gasteiger partial charge in [0.05, 0.1) is 11.1 Å². The van der Waals surface area contributed by atoms with Crippen LogP contribution in [0.25, 0.3) is 22.2 Å². The maximum absolute atomic E-state index is 12.9. The van der Waals surface area contributed by atoms with E-state index < -0.39 is 0 Å². The Morgan fingerprint density at radius 2 is 1.76 bits per heavy atom. The summed E-state index contributed by atoms with van der Waals surface area (Å²) in [6.45, 7) is 6.98. The van der Waals surface area contributed by atoms with Crippen LogP contribution in [0.3, 0.4) is 0 Å². The first-order valence-corrected chi connectivity index (χ1v) is 8.67. The van der Waals surface area contributed by atoms with Crippen molar-refractivity contribution in [3.8, 4) is 11.3 Å². The summed E-state index contributed by atoms with van der Waals surface area (Å²) < 4.78 is 0. The highest BCUT2D eigenvalue weighted by atomic mass is 16.1. The van der Waals surface area contributed by atoms with Gasteiger partial charge in [-0.05, 0) is 25.3 Å². The van der Waals surface area contributed by atoms with Crippen LogP contribution in [0.15, 0.2) is 48.5 Å². The summed E-state index contributed by atoms with van der Waals surface area (Å²) in [4.78, 5) is 12.9. The first-order valence-electron chi connectivity index (χ1n) is 8.67. The van der Waals surface area contributed by atoms with Crippen LogP contribution >= 0.6 is 0 Å². The quantitative estimate of drug-likeness (QED) is 0.754. The van der Waals surface area contributed by atoms with Crippen molar-refractivity contribution in [2.24, 2.45) is 5.92 Å². The van der Waals surface area contributed by atoms with Crippen LogP contribution in [0.1, 0.15) is 36.2 Å². The molecule has 128 valence electrons. The van der Waals surface area contributed by atoms with Gasteiger partial charge in [-0.1, -0.05) is 61.9 Å². The minimum absolute atomic E-state index is 0.0951. The molecule has 3 aromatic rings. The third kappa shape index (κ3) is 3.85. The topological polar surface area (TPSA) is 54.9 Å². The molecule has 0 bridgehead atoms. The number of nitrogens with zero attached hydrogens (tertiary/aromatic N) is 2. The second kappa shape index (κ2) is 7.43. The van der Waals surface area contributed by atoms with Crippen LogP contribution in [0.2, 0.25) is 0 Å². The maximum Gasteiger partial charge on any atom is 0.254 e. The summed E-state index contributed by atoms with van der Waals surface area (Å²) in [5.74, 6) is 0.450. The third-order valence-electron chi connectivity index (χ3n) is 4.23. The third-order valence-corrected chi connectivity index (χ3v) is 4.23. The molecular formula is C21H23N3O. The highest BCUT2D eigenvalue weighted by Crippen LogP contribution is 2.27. The lowest BCUT2D eigenvalue weighted by atomic mass is 10.0. The van der Waals surface area contributed by atoms with Crippen molar-refractivity contribution in [2.45, 2.75) is 27.2 Å². The minimum atomic E-state index is -0.0951. The molecule has 4 nitrogen and oxygen atoms in total. The van der Waals surface area contributed by atoms with E-state index in [-0.39, 0.29) is 5.91 Å². The zero-order chi connectivity index (χ0) is 17.8. The SMILES string of the molecule is Cc1ccc(-c2nnc3ccccc3c2C(=O)NCCC(C)C)cc1. The van der Waals surface area contributed by atoms with Gasteiger partial charge in [0, 0.05) is 17.5 Å². The van der Waals surface area contributed by atoms with Crippen molar-refractivity contribution >= 4 is 16.8 Å². The monoisotopic (exact) mass is 333 g/mol. The van der Waals surface area contributed by atoms with Gasteiger partial charge in [-0.15, -0.1) is 10.2 Å². The average Bonchev–Trinajstić information content (AvgIpc) is 2.61. The number of benzene rings is 2. The van der Waals surface area contributed by atoms with Crippen LogP contribution in [0.4, 0.5) is 0 Å². The largest absolute Gasteiger partial charge is 0.352 e. The van der Waals surface area contributed by atoms with Crippen molar-refractivity contribution in [3.05, 3.63) is 59.7 Å². The molecule has 0 saturated heterocycles. The maximum atomic E-state index is 12.9. The second-order valence-corrected chi connectivity index (χ2v) is 6.75. The molecular weight excluding hydrogens is 310 g/mol. The molecule has 0 radical (unpaired) electrons. The van der Waals surface area contributed by atoms with Crippen molar-refractivity contribution in [1.82, 2.24) is 15.5 Å². The number of aromatic nitrogens is 2. The van der Waals surface area contributed by atoms with E-state index in [4.69, 9.17) is 0 Å². The van der Waals surface area contributed by atoms with Crippen molar-refractivity contribution < 1.29 is 4.79 Å². The Kier molecular flexibility index (Phi) is 5.08. The fourth-order valence-corrected chi connectivity index (χ4v) is 2.76. The van der Waals surface area contributed by atoms with Crippen LogP contribution in [0, 0.1) is 12.8 Å². The summed E-state index contributed by atoms with van der Waals surface area (Å²) in [7, 11) is 0. The number of amides is 1. The van der Waals surface area contributed by atoms with E-state index in [0.29, 0.717) is 23.7 Å². The number of aryl methyl sites for hydroxylation is 1. The van der Waals surface area contributed by atoms with Crippen LogP contribution < -0.4 is 5.32 Å². The smallest absolute Gasteiger partial charge is 0.254 e. The molecule has 0 saturated carbocycles. The molecule has 0 aliphatic carbocycles. The zero-order valence-electron chi connectivity index (χ0n) is 14.9. The summed E-state index contributed by atoms with van der Waals surface area (Å²) >= 11 is 0. The molecule has 2 aromatic carbocycles. The normalized spacial score (nSPS) is 11.0. The lowest BCUT2D eigenvalue weighted by Crippen LogP contribution is -2.26. The summed E-state index contributed by atoms with van der Waals surface area (Å²) in [5, 5.41) is 12.5. The molecule has 0 spiro atoms. The van der Waals surface area contributed by atoms with Gasteiger partial charge in [-0.3, -0.25) is 4.79 Å². The lowest BCUT2D eigenvalue weighted by molar-refractivity contribution is 0.0954. The molecule has 4 heteroatoms. The fourth-order valence-electron chi connectivity index (χ4n) is 2.76. The molecule has 1 heterocycles. The number of nitrogens with one attached hydrogen (secondary N) is 1. The number of hydrogen-bond acceptors (Lipinski definition) is 3. The van der Waals surface area contributed by atoms with E-state index in [2.05, 4.69) is 29.4 Å². The van der Waals surface area contributed by atoms with Gasteiger partial charge >= 0.3 is 0 Å². The molecule has 0 aliphatic heterocycles. The van der Waals surface area contributed by atoms with Gasteiger partial charge in [-0.25, -0.2) is 0 Å². The minimum Gasteiger partial charge on any atom is -0.352 e. The van der Waals surface area contributed by atoms with E-state index in [1.165, 1.54) is 5.56 Å². The molecule has 0 fully saturated rings. The molecule has 3 rings (SSSR count). The standard InChI is InChI=1S/C21H23N3O/c1-14(2)12-13-22-21(25)19-17-6-4-5-7-18(17)23-24-20(19)16-10-8-15(3)9-11-16/h4-11,14H,12-13H2,1-3H3,(H,22,25). The summed E-state index contributed by atoms with van der Waals surface area (Å²) in [5.41, 5.74) is 4.02. The Morgan fingerprint density at radius 3 is 2.48 bits per heavy atom. The van der Waals surface area contributed by atoms with E-state index >= 15 is 0 Å². The second-order valence-electron chi connectivity index (χ2n) is 6.75. The molecule has 1 N–H and O–H groups in total. The van der Waals surface area contributed by atoms with Gasteiger partial charge in [0.1, 0.15) is 5.69 Å². The highest BCUT2D eigenvalue weighted by molar-refractivity contribution is 6.10. The number of carbonyl (C=O) groups is 1. The number of hydrogen-bond donors (Lipinski definition) is 1. The van der Waals surface area contributed by atoms with Gasteiger partial charge in [-0.2, -0.15) is 0 Å². The Labute approximate surface area is 148 Å². The van der Waals surface area contributed by atoms with Gasteiger partial charge < -0.3 is 5.32 Å². The van der Waals surface area contributed by atoms with Crippen LogP contribution in [-0.4, -0.2) is 22.6 Å². The highest BCUT2D eigenvalue weighted by Gasteiger charge is 2.19. The van der Waals surface area contributed by atoms with Gasteiger partial charge in [0.2, 0.25) is 0 Å². The average molecular weight is 333 g/mol. The van der Waals surface area contributed by atoms with Gasteiger partial charge in [0.25, 0.3) is 5.91 Å². The molecule has 0 unspecified atom stereocenters. The van der Waals surface area contributed by atoms with E-state index in [9.17, 15) is 4.79 Å². The van der Waals surface area contributed by atoms with E-state index in [0.717, 1.165) is 22.9 Å². The molecule has 0 atom stereocenters. The fraction of sp³-hybridized carbons (Fsp3) is 0.286. The lowest BCUT2D eigenvalue weighted by Gasteiger charge is -2.13. The molecule has 0 aliphatic rings. The summed E-state index contributed by atoms with van der Waals surface area (Å²) in [6, 6.07) is 15.7. The van der Waals surface area contributed by atoms with E-state index in [1.807, 2.05) is 55.5 Å². The Bertz CT molecular complexity index is 885.